The third-order valence-corrected chi connectivity index (χ3v) is 10.7. The first-order chi connectivity index (χ1) is 24.8. The van der Waals surface area contributed by atoms with Gasteiger partial charge >= 0.3 is 0 Å². The number of thiophene rings is 1. The Morgan fingerprint density at radius 2 is 0.920 bits per heavy atom. The van der Waals surface area contributed by atoms with Crippen molar-refractivity contribution in [3.05, 3.63) is 170 Å². The van der Waals surface area contributed by atoms with Gasteiger partial charge in [-0.1, -0.05) is 127 Å². The Bertz CT molecular complexity index is 2760. The molecule has 0 aliphatic rings. The van der Waals surface area contributed by atoms with Crippen LogP contribution in [0.25, 0.3) is 93.0 Å². The Balaban J connectivity index is 1.22. The maximum Gasteiger partial charge on any atom is 0.165 e. The molecule has 234 valence electrons. The van der Waals surface area contributed by atoms with Gasteiger partial charge in [0.15, 0.2) is 17.5 Å². The van der Waals surface area contributed by atoms with Crippen LogP contribution in [-0.2, 0) is 0 Å². The minimum absolute atomic E-state index is 0.655. The summed E-state index contributed by atoms with van der Waals surface area (Å²) in [6, 6.07) is 59.8. The Morgan fingerprint density at radius 1 is 0.380 bits per heavy atom. The topological polar surface area (TPSA) is 43.6 Å². The van der Waals surface area contributed by atoms with Gasteiger partial charge < -0.3 is 4.57 Å². The molecule has 0 saturated heterocycles. The van der Waals surface area contributed by atoms with Crippen LogP contribution in [0.5, 0.6) is 0 Å². The number of para-hydroxylation sites is 2. The van der Waals surface area contributed by atoms with Crippen LogP contribution < -0.4 is 0 Å². The molecule has 0 amide bonds. The van der Waals surface area contributed by atoms with Gasteiger partial charge in [-0.15, -0.1) is 11.3 Å². The van der Waals surface area contributed by atoms with E-state index in [1.165, 1.54) is 37.3 Å². The highest BCUT2D eigenvalue weighted by Gasteiger charge is 2.19. The zero-order chi connectivity index (χ0) is 33.0. The molecule has 0 bridgehead atoms. The summed E-state index contributed by atoms with van der Waals surface area (Å²) < 4.78 is 4.77. The molecule has 0 saturated carbocycles. The second-order valence-electron chi connectivity index (χ2n) is 12.5. The van der Waals surface area contributed by atoms with E-state index in [-0.39, 0.29) is 0 Å². The molecule has 10 aromatic rings. The number of hydrogen-bond donors (Lipinski definition) is 0. The minimum Gasteiger partial charge on any atom is -0.309 e. The standard InChI is InChI=1S/C45H28N4S/c1-3-14-29(15-4-1)43-46-44(30-16-5-2-6-17-30)48-45(47-43)38-28-32(27-37-36-22-9-12-25-41(36)50-42(37)38)31-18-13-19-33(26-31)49-39-23-10-7-20-34(39)35-21-8-11-24-40(35)49/h1-28H. The molecule has 3 aromatic heterocycles. The average molecular weight is 657 g/mol. The molecule has 0 radical (unpaired) electrons. The Kier molecular flexibility index (Phi) is 6.64. The highest BCUT2D eigenvalue weighted by Crippen LogP contribution is 2.43. The second kappa shape index (κ2) is 11.6. The molecule has 0 spiro atoms. The van der Waals surface area contributed by atoms with Gasteiger partial charge in [-0.25, -0.2) is 15.0 Å². The smallest absolute Gasteiger partial charge is 0.165 e. The highest BCUT2D eigenvalue weighted by atomic mass is 32.1. The van der Waals surface area contributed by atoms with E-state index in [1.807, 2.05) is 36.4 Å². The largest absolute Gasteiger partial charge is 0.309 e. The van der Waals surface area contributed by atoms with Crippen LogP contribution in [0.2, 0.25) is 0 Å². The SMILES string of the molecule is c1ccc(-c2nc(-c3ccccc3)nc(-c3cc(-c4cccc(-n5c6ccccc6c6ccccc65)c4)cc4c3sc3ccccc34)n2)cc1. The Labute approximate surface area is 292 Å². The van der Waals surface area contributed by atoms with E-state index in [2.05, 4.69) is 138 Å². The molecule has 10 rings (SSSR count). The summed E-state index contributed by atoms with van der Waals surface area (Å²) in [6.45, 7) is 0. The maximum absolute atomic E-state index is 5.16. The molecule has 0 fully saturated rings. The van der Waals surface area contributed by atoms with Crippen molar-refractivity contribution in [3.8, 4) is 51.0 Å². The molecule has 0 aliphatic heterocycles. The lowest BCUT2D eigenvalue weighted by molar-refractivity contribution is 1.08. The predicted octanol–water partition coefficient (Wildman–Crippen LogP) is 12.0. The summed E-state index contributed by atoms with van der Waals surface area (Å²) in [5.74, 6) is 1.97. The van der Waals surface area contributed by atoms with E-state index in [0.717, 1.165) is 38.2 Å². The Hall–Kier alpha value is -6.43. The molecule has 5 heteroatoms. The lowest BCUT2D eigenvalue weighted by Crippen LogP contribution is -2.00. The van der Waals surface area contributed by atoms with Crippen LogP contribution in [0.3, 0.4) is 0 Å². The van der Waals surface area contributed by atoms with Gasteiger partial charge in [0.25, 0.3) is 0 Å². The van der Waals surface area contributed by atoms with E-state index in [1.54, 1.807) is 11.3 Å². The second-order valence-corrected chi connectivity index (χ2v) is 13.5. The molecule has 3 heterocycles. The zero-order valence-corrected chi connectivity index (χ0v) is 27.7. The van der Waals surface area contributed by atoms with Crippen molar-refractivity contribution >= 4 is 53.3 Å². The summed E-state index contributed by atoms with van der Waals surface area (Å²) in [7, 11) is 0. The third kappa shape index (κ3) is 4.71. The average Bonchev–Trinajstić information content (AvgIpc) is 3.74. The van der Waals surface area contributed by atoms with Crippen LogP contribution in [0.1, 0.15) is 0 Å². The van der Waals surface area contributed by atoms with Crippen molar-refractivity contribution < 1.29 is 0 Å². The van der Waals surface area contributed by atoms with Crippen LogP contribution >= 0.6 is 11.3 Å². The van der Waals surface area contributed by atoms with Gasteiger partial charge in [-0.05, 0) is 53.6 Å². The first-order valence-electron chi connectivity index (χ1n) is 16.7. The highest BCUT2D eigenvalue weighted by molar-refractivity contribution is 7.26. The van der Waals surface area contributed by atoms with Crippen LogP contribution in [0, 0.1) is 0 Å². The summed E-state index contributed by atoms with van der Waals surface area (Å²) in [5.41, 5.74) is 8.65. The number of fused-ring (bicyclic) bond motifs is 6. The number of aromatic nitrogens is 4. The van der Waals surface area contributed by atoms with Gasteiger partial charge in [-0.3, -0.25) is 0 Å². The lowest BCUT2D eigenvalue weighted by atomic mass is 9.98. The molecule has 0 unspecified atom stereocenters. The van der Waals surface area contributed by atoms with Crippen molar-refractivity contribution in [2.24, 2.45) is 0 Å². The first kappa shape index (κ1) is 28.6. The number of hydrogen-bond acceptors (Lipinski definition) is 4. The number of nitrogens with zero attached hydrogens (tertiary/aromatic N) is 4. The van der Waals surface area contributed by atoms with E-state index >= 15 is 0 Å². The van der Waals surface area contributed by atoms with Crippen LogP contribution in [0.15, 0.2) is 170 Å². The number of benzene rings is 7. The zero-order valence-electron chi connectivity index (χ0n) is 26.9. The summed E-state index contributed by atoms with van der Waals surface area (Å²) in [4.78, 5) is 15.3. The quantitative estimate of drug-likeness (QED) is 0.185. The molecular weight excluding hydrogens is 629 g/mol. The van der Waals surface area contributed by atoms with Crippen molar-refractivity contribution in [1.82, 2.24) is 19.5 Å². The van der Waals surface area contributed by atoms with Crippen molar-refractivity contribution in [2.75, 3.05) is 0 Å². The van der Waals surface area contributed by atoms with Gasteiger partial charge in [0.05, 0.1) is 11.0 Å². The monoisotopic (exact) mass is 656 g/mol. The molecule has 0 N–H and O–H groups in total. The fraction of sp³-hybridized carbons (Fsp3) is 0. The van der Waals surface area contributed by atoms with E-state index in [4.69, 9.17) is 15.0 Å². The summed E-state index contributed by atoms with van der Waals surface area (Å²) in [6.07, 6.45) is 0. The minimum atomic E-state index is 0.655. The molecule has 0 aliphatic carbocycles. The first-order valence-corrected chi connectivity index (χ1v) is 17.5. The predicted molar refractivity (Wildman–Crippen MR) is 209 cm³/mol. The van der Waals surface area contributed by atoms with Gasteiger partial charge in [-0.2, -0.15) is 0 Å². The molecular formula is C45H28N4S. The van der Waals surface area contributed by atoms with Gasteiger partial charge in [0.2, 0.25) is 0 Å². The van der Waals surface area contributed by atoms with Gasteiger partial charge in [0.1, 0.15) is 0 Å². The Morgan fingerprint density at radius 3 is 1.58 bits per heavy atom. The molecule has 0 atom stereocenters. The van der Waals surface area contributed by atoms with Crippen molar-refractivity contribution in [2.45, 2.75) is 0 Å². The number of rotatable bonds is 5. The fourth-order valence-electron chi connectivity index (χ4n) is 7.11. The van der Waals surface area contributed by atoms with E-state index < -0.39 is 0 Å². The molecule has 7 aromatic carbocycles. The van der Waals surface area contributed by atoms with Crippen LogP contribution in [-0.4, -0.2) is 19.5 Å². The maximum atomic E-state index is 5.16. The van der Waals surface area contributed by atoms with E-state index in [9.17, 15) is 0 Å². The van der Waals surface area contributed by atoms with Crippen molar-refractivity contribution in [1.29, 1.82) is 0 Å². The van der Waals surface area contributed by atoms with Gasteiger partial charge in [0, 0.05) is 53.3 Å². The van der Waals surface area contributed by atoms with E-state index in [0.29, 0.717) is 17.5 Å². The van der Waals surface area contributed by atoms with Crippen LogP contribution in [0.4, 0.5) is 0 Å². The molecule has 4 nitrogen and oxygen atoms in total. The fourth-order valence-corrected chi connectivity index (χ4v) is 8.31. The summed E-state index contributed by atoms with van der Waals surface area (Å²) in [5, 5.41) is 4.93. The lowest BCUT2D eigenvalue weighted by Gasteiger charge is -2.13. The normalized spacial score (nSPS) is 11.6. The molecule has 50 heavy (non-hydrogen) atoms. The summed E-state index contributed by atoms with van der Waals surface area (Å²) >= 11 is 1.79. The van der Waals surface area contributed by atoms with Crippen molar-refractivity contribution in [3.63, 3.8) is 0 Å². The third-order valence-electron chi connectivity index (χ3n) is 9.44.